The van der Waals surface area contributed by atoms with Gasteiger partial charge in [-0.25, -0.2) is 0 Å². The van der Waals surface area contributed by atoms with Gasteiger partial charge < -0.3 is 9.47 Å². The lowest BCUT2D eigenvalue weighted by molar-refractivity contribution is -0.189. The maximum absolute atomic E-state index is 12.3. The molecule has 0 saturated carbocycles. The number of rotatable bonds is 34. The molecule has 0 rings (SSSR count). The normalized spacial score (nSPS) is 12.3. The van der Waals surface area contributed by atoms with Gasteiger partial charge in [-0.1, -0.05) is 148 Å². The number of allylic oxidation sites excluding steroid dienone is 4. The fourth-order valence-corrected chi connectivity index (χ4v) is 5.47. The molecule has 0 unspecified atom stereocenters. The minimum Gasteiger partial charge on any atom is -0.425 e. The summed E-state index contributed by atoms with van der Waals surface area (Å²) in [4.78, 5) is 24.6. The minimum atomic E-state index is -0.730. The van der Waals surface area contributed by atoms with Crippen molar-refractivity contribution in [3.05, 3.63) is 24.3 Å². The van der Waals surface area contributed by atoms with E-state index in [2.05, 4.69) is 38.2 Å². The van der Waals surface area contributed by atoms with Crippen LogP contribution in [0.5, 0.6) is 0 Å². The molecule has 4 nitrogen and oxygen atoms in total. The number of unbranched alkanes of at least 4 members (excludes halogenated alkanes) is 22. The van der Waals surface area contributed by atoms with Crippen molar-refractivity contribution in [1.82, 2.24) is 0 Å². The average molecular weight is 619 g/mol. The molecule has 4 heteroatoms. The standard InChI is InChI=1S/C40H74O4/c1-4-7-9-11-13-15-17-19-21-23-25-27-29-31-33-36-38(41)43-40(35-6-3)44-39(42)37-34-32-30-28-26-24-22-20-18-16-14-12-10-8-5-2/h19-22,40H,4-18,23-37H2,1-3H3. The maximum atomic E-state index is 12.3. The summed E-state index contributed by atoms with van der Waals surface area (Å²) in [6.07, 6.45) is 42.9. The van der Waals surface area contributed by atoms with Crippen molar-refractivity contribution < 1.29 is 19.1 Å². The molecule has 0 spiro atoms. The Labute approximate surface area is 274 Å². The number of hydrogen-bond donors (Lipinski definition) is 0. The first kappa shape index (κ1) is 42.4. The van der Waals surface area contributed by atoms with Gasteiger partial charge in [0.05, 0.1) is 0 Å². The maximum Gasteiger partial charge on any atom is 0.308 e. The SMILES string of the molecule is CCCCCCCCC=CCCCCCCCC(=O)OC(CCC)OC(=O)CCCCCCCC=CCCCCCCCC. The zero-order chi connectivity index (χ0) is 32.2. The Morgan fingerprint density at radius 2 is 0.705 bits per heavy atom. The van der Waals surface area contributed by atoms with E-state index in [4.69, 9.17) is 9.47 Å². The van der Waals surface area contributed by atoms with E-state index >= 15 is 0 Å². The van der Waals surface area contributed by atoms with Crippen molar-refractivity contribution in [2.45, 2.75) is 220 Å². The molecule has 0 bridgehead atoms. The van der Waals surface area contributed by atoms with Crippen molar-refractivity contribution >= 4 is 11.9 Å². The van der Waals surface area contributed by atoms with E-state index < -0.39 is 6.29 Å². The number of ether oxygens (including phenoxy) is 2. The topological polar surface area (TPSA) is 52.6 Å². The molecule has 44 heavy (non-hydrogen) atoms. The van der Waals surface area contributed by atoms with Gasteiger partial charge in [0.15, 0.2) is 0 Å². The lowest BCUT2D eigenvalue weighted by Gasteiger charge is -2.18. The molecular formula is C40H74O4. The summed E-state index contributed by atoms with van der Waals surface area (Å²) < 4.78 is 11.0. The Kier molecular flexibility index (Phi) is 34.6. The van der Waals surface area contributed by atoms with E-state index in [1.54, 1.807) is 0 Å². The van der Waals surface area contributed by atoms with E-state index in [-0.39, 0.29) is 11.9 Å². The summed E-state index contributed by atoms with van der Waals surface area (Å²) in [7, 11) is 0. The van der Waals surface area contributed by atoms with Crippen molar-refractivity contribution in [1.29, 1.82) is 0 Å². The first-order chi connectivity index (χ1) is 21.6. The van der Waals surface area contributed by atoms with Crippen LogP contribution in [0.4, 0.5) is 0 Å². The first-order valence-corrected chi connectivity index (χ1v) is 19.3. The first-order valence-electron chi connectivity index (χ1n) is 19.3. The van der Waals surface area contributed by atoms with Crippen LogP contribution in [0.3, 0.4) is 0 Å². The lowest BCUT2D eigenvalue weighted by Crippen LogP contribution is -2.24. The molecule has 0 aliphatic carbocycles. The zero-order valence-corrected chi connectivity index (χ0v) is 29.7. The fourth-order valence-electron chi connectivity index (χ4n) is 5.47. The summed E-state index contributed by atoms with van der Waals surface area (Å²) in [5.41, 5.74) is 0. The van der Waals surface area contributed by atoms with Gasteiger partial charge >= 0.3 is 11.9 Å². The molecule has 0 amide bonds. The quantitative estimate of drug-likeness (QED) is 0.0311. The highest BCUT2D eigenvalue weighted by Gasteiger charge is 2.18. The van der Waals surface area contributed by atoms with Crippen LogP contribution in [0.25, 0.3) is 0 Å². The van der Waals surface area contributed by atoms with Crippen molar-refractivity contribution in [2.24, 2.45) is 0 Å². The van der Waals surface area contributed by atoms with Crippen molar-refractivity contribution in [3.8, 4) is 0 Å². The highest BCUT2D eigenvalue weighted by atomic mass is 16.7. The molecule has 0 fully saturated rings. The molecule has 0 aromatic heterocycles. The Balaban J connectivity index is 3.70. The number of carbonyl (C=O) groups is 2. The van der Waals surface area contributed by atoms with Gasteiger partial charge in [0, 0.05) is 19.3 Å². The molecule has 0 N–H and O–H groups in total. The number of carbonyl (C=O) groups excluding carboxylic acids is 2. The van der Waals surface area contributed by atoms with E-state index in [0.29, 0.717) is 19.3 Å². The highest BCUT2D eigenvalue weighted by Crippen LogP contribution is 2.14. The smallest absolute Gasteiger partial charge is 0.308 e. The third-order valence-corrected chi connectivity index (χ3v) is 8.34. The second-order valence-corrected chi connectivity index (χ2v) is 12.9. The van der Waals surface area contributed by atoms with Gasteiger partial charge in [-0.2, -0.15) is 0 Å². The van der Waals surface area contributed by atoms with E-state index in [9.17, 15) is 9.59 Å². The number of hydrogen-bond acceptors (Lipinski definition) is 4. The third kappa shape index (κ3) is 33.3. The van der Waals surface area contributed by atoms with Gasteiger partial charge in [-0.3, -0.25) is 9.59 Å². The van der Waals surface area contributed by atoms with Gasteiger partial charge in [0.25, 0.3) is 0 Å². The van der Waals surface area contributed by atoms with Gasteiger partial charge in [0.1, 0.15) is 0 Å². The molecule has 0 saturated heterocycles. The molecule has 0 aliphatic heterocycles. The van der Waals surface area contributed by atoms with Crippen LogP contribution in [0.15, 0.2) is 24.3 Å². The Morgan fingerprint density at radius 3 is 1.02 bits per heavy atom. The largest absolute Gasteiger partial charge is 0.425 e. The second-order valence-electron chi connectivity index (χ2n) is 12.9. The molecule has 258 valence electrons. The molecule has 0 aliphatic rings. The summed E-state index contributed by atoms with van der Waals surface area (Å²) in [6, 6.07) is 0. The van der Waals surface area contributed by atoms with Gasteiger partial charge in [-0.05, 0) is 70.6 Å². The van der Waals surface area contributed by atoms with E-state index in [1.165, 1.54) is 128 Å². The summed E-state index contributed by atoms with van der Waals surface area (Å²) >= 11 is 0. The van der Waals surface area contributed by atoms with Crippen LogP contribution < -0.4 is 0 Å². The molecule has 0 aromatic carbocycles. The summed E-state index contributed by atoms with van der Waals surface area (Å²) in [5.74, 6) is -0.482. The van der Waals surface area contributed by atoms with Crippen molar-refractivity contribution in [3.63, 3.8) is 0 Å². The minimum absolute atomic E-state index is 0.241. The summed E-state index contributed by atoms with van der Waals surface area (Å²) in [6.45, 7) is 6.55. The second kappa shape index (κ2) is 35.9. The predicted molar refractivity (Wildman–Crippen MR) is 190 cm³/mol. The van der Waals surface area contributed by atoms with E-state index in [0.717, 1.165) is 44.9 Å². The molecule has 0 radical (unpaired) electrons. The van der Waals surface area contributed by atoms with Crippen LogP contribution in [0.2, 0.25) is 0 Å². The van der Waals surface area contributed by atoms with Crippen LogP contribution in [-0.2, 0) is 19.1 Å². The Morgan fingerprint density at radius 1 is 0.409 bits per heavy atom. The van der Waals surface area contributed by atoms with Crippen LogP contribution >= 0.6 is 0 Å². The fraction of sp³-hybridized carbons (Fsp3) is 0.850. The average Bonchev–Trinajstić information content (AvgIpc) is 3.01. The van der Waals surface area contributed by atoms with E-state index in [1.807, 2.05) is 6.92 Å². The van der Waals surface area contributed by atoms with Crippen molar-refractivity contribution in [2.75, 3.05) is 0 Å². The zero-order valence-electron chi connectivity index (χ0n) is 29.7. The van der Waals surface area contributed by atoms with Crippen LogP contribution in [0, 0.1) is 0 Å². The number of esters is 2. The molecule has 0 heterocycles. The summed E-state index contributed by atoms with van der Waals surface area (Å²) in [5, 5.41) is 0. The highest BCUT2D eigenvalue weighted by molar-refractivity contribution is 5.71. The third-order valence-electron chi connectivity index (χ3n) is 8.34. The molecular weight excluding hydrogens is 544 g/mol. The van der Waals surface area contributed by atoms with Crippen LogP contribution in [-0.4, -0.2) is 18.2 Å². The molecule has 0 aromatic rings. The van der Waals surface area contributed by atoms with Gasteiger partial charge in [0.2, 0.25) is 6.29 Å². The molecule has 0 atom stereocenters. The van der Waals surface area contributed by atoms with Crippen LogP contribution in [0.1, 0.15) is 213 Å². The predicted octanol–water partition coefficient (Wildman–Crippen LogP) is 13.3. The van der Waals surface area contributed by atoms with Gasteiger partial charge in [-0.15, -0.1) is 0 Å². The lowest BCUT2D eigenvalue weighted by atomic mass is 10.1. The Bertz CT molecular complexity index is 614. The Hall–Kier alpha value is -1.58. The monoisotopic (exact) mass is 619 g/mol.